The molecule has 168 valence electrons. The number of carbonyl (C=O) groups excluding carboxylic acids is 1. The number of nitrogens with zero attached hydrogens (tertiary/aromatic N) is 4. The summed E-state index contributed by atoms with van der Waals surface area (Å²) >= 11 is 0. The van der Waals surface area contributed by atoms with E-state index in [2.05, 4.69) is 25.3 Å². The molecule has 0 radical (unpaired) electrons. The SMILES string of the molecule is CCNC(=O)c1ccc(-c2ccc(OC3CN(Cc4nc(C(C)C)no4)C3)cn2)c(C)c1. The Morgan fingerprint density at radius 1 is 1.28 bits per heavy atom. The first-order valence-corrected chi connectivity index (χ1v) is 11.0. The number of benzene rings is 1. The zero-order valence-electron chi connectivity index (χ0n) is 19.0. The lowest BCUT2D eigenvalue weighted by Gasteiger charge is -2.37. The van der Waals surface area contributed by atoms with Crippen molar-refractivity contribution in [1.82, 2.24) is 25.3 Å². The van der Waals surface area contributed by atoms with Gasteiger partial charge in [0.05, 0.1) is 18.4 Å². The summed E-state index contributed by atoms with van der Waals surface area (Å²) in [5.74, 6) is 2.33. The van der Waals surface area contributed by atoms with Crippen LogP contribution in [0.2, 0.25) is 0 Å². The van der Waals surface area contributed by atoms with Gasteiger partial charge in [-0.05, 0) is 43.7 Å². The molecule has 4 rings (SSSR count). The van der Waals surface area contributed by atoms with Gasteiger partial charge in [0.15, 0.2) is 5.82 Å². The van der Waals surface area contributed by atoms with Gasteiger partial charge in [-0.2, -0.15) is 4.98 Å². The van der Waals surface area contributed by atoms with Crippen molar-refractivity contribution in [2.45, 2.75) is 46.3 Å². The first-order valence-electron chi connectivity index (χ1n) is 11.0. The first-order chi connectivity index (χ1) is 15.4. The third-order valence-electron chi connectivity index (χ3n) is 5.42. The Morgan fingerprint density at radius 2 is 2.09 bits per heavy atom. The Labute approximate surface area is 188 Å². The van der Waals surface area contributed by atoms with Gasteiger partial charge >= 0.3 is 0 Å². The minimum absolute atomic E-state index is 0.0622. The monoisotopic (exact) mass is 435 g/mol. The molecule has 1 fully saturated rings. The van der Waals surface area contributed by atoms with Crippen molar-refractivity contribution >= 4 is 5.91 Å². The van der Waals surface area contributed by atoms with Gasteiger partial charge in [-0.25, -0.2) is 0 Å². The van der Waals surface area contributed by atoms with E-state index < -0.39 is 0 Å². The summed E-state index contributed by atoms with van der Waals surface area (Å²) in [6.45, 7) is 10.8. The fraction of sp³-hybridized carbons (Fsp3) is 0.417. The fourth-order valence-corrected chi connectivity index (χ4v) is 3.64. The number of ether oxygens (including phenoxy) is 1. The maximum atomic E-state index is 12.0. The molecule has 0 saturated carbocycles. The average molecular weight is 436 g/mol. The van der Waals surface area contributed by atoms with Crippen LogP contribution in [-0.4, -0.2) is 51.7 Å². The Morgan fingerprint density at radius 3 is 2.72 bits per heavy atom. The van der Waals surface area contributed by atoms with Crippen LogP contribution in [-0.2, 0) is 6.54 Å². The van der Waals surface area contributed by atoms with Gasteiger partial charge in [0.25, 0.3) is 5.91 Å². The highest BCUT2D eigenvalue weighted by Gasteiger charge is 2.30. The van der Waals surface area contributed by atoms with Crippen LogP contribution in [0.1, 0.15) is 54.3 Å². The van der Waals surface area contributed by atoms with Gasteiger partial charge in [-0.1, -0.05) is 25.1 Å². The van der Waals surface area contributed by atoms with Crippen molar-refractivity contribution in [3.8, 4) is 17.0 Å². The second-order valence-electron chi connectivity index (χ2n) is 8.40. The maximum Gasteiger partial charge on any atom is 0.251 e. The van der Waals surface area contributed by atoms with Crippen LogP contribution in [0.25, 0.3) is 11.3 Å². The number of amides is 1. The molecular formula is C24H29N5O3. The van der Waals surface area contributed by atoms with Crippen LogP contribution >= 0.6 is 0 Å². The van der Waals surface area contributed by atoms with Crippen LogP contribution in [0.4, 0.5) is 0 Å². The Kier molecular flexibility index (Phi) is 6.50. The molecule has 1 saturated heterocycles. The van der Waals surface area contributed by atoms with E-state index in [4.69, 9.17) is 9.26 Å². The average Bonchev–Trinajstić information content (AvgIpc) is 3.22. The summed E-state index contributed by atoms with van der Waals surface area (Å²) in [5, 5.41) is 6.82. The van der Waals surface area contributed by atoms with Gasteiger partial charge < -0.3 is 14.6 Å². The second-order valence-corrected chi connectivity index (χ2v) is 8.40. The summed E-state index contributed by atoms with van der Waals surface area (Å²) in [5.41, 5.74) is 3.51. The summed E-state index contributed by atoms with van der Waals surface area (Å²) in [4.78, 5) is 23.2. The number of hydrogen-bond acceptors (Lipinski definition) is 7. The van der Waals surface area contributed by atoms with Gasteiger partial charge in [0.2, 0.25) is 5.89 Å². The molecule has 1 aliphatic heterocycles. The summed E-state index contributed by atoms with van der Waals surface area (Å²) in [7, 11) is 0. The predicted octanol–water partition coefficient (Wildman–Crippen LogP) is 3.58. The normalized spacial score (nSPS) is 14.4. The van der Waals surface area contributed by atoms with E-state index in [1.165, 1.54) is 0 Å². The van der Waals surface area contributed by atoms with E-state index in [1.807, 2.05) is 58.0 Å². The molecule has 0 atom stereocenters. The van der Waals surface area contributed by atoms with Crippen LogP contribution < -0.4 is 10.1 Å². The minimum Gasteiger partial charge on any atom is -0.486 e. The number of pyridine rings is 1. The second kappa shape index (κ2) is 9.48. The molecule has 0 unspecified atom stereocenters. The molecule has 1 aromatic carbocycles. The van der Waals surface area contributed by atoms with E-state index in [-0.39, 0.29) is 17.9 Å². The number of rotatable bonds is 8. The molecule has 2 aromatic heterocycles. The van der Waals surface area contributed by atoms with Crippen molar-refractivity contribution in [3.05, 3.63) is 59.4 Å². The van der Waals surface area contributed by atoms with E-state index in [0.717, 1.165) is 41.5 Å². The lowest BCUT2D eigenvalue weighted by atomic mass is 10.0. The maximum absolute atomic E-state index is 12.0. The topological polar surface area (TPSA) is 93.4 Å². The minimum atomic E-state index is -0.0622. The van der Waals surface area contributed by atoms with Gasteiger partial charge in [0.1, 0.15) is 11.9 Å². The van der Waals surface area contributed by atoms with Crippen LogP contribution in [0, 0.1) is 6.92 Å². The van der Waals surface area contributed by atoms with Gasteiger partial charge in [-0.3, -0.25) is 14.7 Å². The fourth-order valence-electron chi connectivity index (χ4n) is 3.64. The molecule has 3 heterocycles. The molecule has 32 heavy (non-hydrogen) atoms. The highest BCUT2D eigenvalue weighted by molar-refractivity contribution is 5.95. The highest BCUT2D eigenvalue weighted by Crippen LogP contribution is 2.25. The first kappa shape index (κ1) is 22.0. The third kappa shape index (κ3) is 4.96. The Balaban J connectivity index is 1.30. The number of aryl methyl sites for hydroxylation is 1. The standard InChI is InChI=1S/C24H29N5O3/c1-5-25-24(30)17-6-8-20(16(4)10-17)21-9-7-18(11-26-21)31-19-12-29(13-19)14-22-27-23(15(2)3)28-32-22/h6-11,15,19H,5,12-14H2,1-4H3,(H,25,30). The highest BCUT2D eigenvalue weighted by atomic mass is 16.5. The smallest absolute Gasteiger partial charge is 0.251 e. The van der Waals surface area contributed by atoms with E-state index in [0.29, 0.717) is 24.5 Å². The zero-order chi connectivity index (χ0) is 22.7. The van der Waals surface area contributed by atoms with Crippen molar-refractivity contribution in [3.63, 3.8) is 0 Å². The summed E-state index contributed by atoms with van der Waals surface area (Å²) in [6.07, 6.45) is 1.87. The van der Waals surface area contributed by atoms with Crippen molar-refractivity contribution in [2.75, 3.05) is 19.6 Å². The van der Waals surface area contributed by atoms with E-state index in [9.17, 15) is 4.79 Å². The lowest BCUT2D eigenvalue weighted by Crippen LogP contribution is -2.53. The molecule has 1 aliphatic rings. The number of hydrogen-bond donors (Lipinski definition) is 1. The van der Waals surface area contributed by atoms with E-state index >= 15 is 0 Å². The predicted molar refractivity (Wildman–Crippen MR) is 120 cm³/mol. The van der Waals surface area contributed by atoms with Crippen LogP contribution in [0.3, 0.4) is 0 Å². The molecule has 3 aromatic rings. The van der Waals surface area contributed by atoms with Crippen molar-refractivity contribution in [2.24, 2.45) is 0 Å². The van der Waals surface area contributed by atoms with E-state index in [1.54, 1.807) is 6.20 Å². The van der Waals surface area contributed by atoms with Crippen LogP contribution in [0.15, 0.2) is 41.1 Å². The molecule has 1 N–H and O–H groups in total. The van der Waals surface area contributed by atoms with Crippen molar-refractivity contribution in [1.29, 1.82) is 0 Å². The van der Waals surface area contributed by atoms with Crippen molar-refractivity contribution < 1.29 is 14.1 Å². The van der Waals surface area contributed by atoms with Gasteiger partial charge in [0, 0.05) is 36.7 Å². The number of likely N-dealkylation sites (tertiary alicyclic amines) is 1. The third-order valence-corrected chi connectivity index (χ3v) is 5.42. The molecule has 8 nitrogen and oxygen atoms in total. The molecule has 0 spiro atoms. The zero-order valence-corrected chi connectivity index (χ0v) is 19.0. The quantitative estimate of drug-likeness (QED) is 0.578. The number of nitrogens with one attached hydrogen (secondary N) is 1. The number of carbonyl (C=O) groups is 1. The molecule has 0 bridgehead atoms. The molecule has 1 amide bonds. The Bertz CT molecular complexity index is 1070. The Hall–Kier alpha value is -3.26. The molecule has 8 heteroatoms. The molecule has 0 aliphatic carbocycles. The van der Waals surface area contributed by atoms with Crippen LogP contribution in [0.5, 0.6) is 5.75 Å². The lowest BCUT2D eigenvalue weighted by molar-refractivity contribution is 0.00844. The largest absolute Gasteiger partial charge is 0.486 e. The number of aromatic nitrogens is 3. The summed E-state index contributed by atoms with van der Waals surface area (Å²) < 4.78 is 11.3. The summed E-state index contributed by atoms with van der Waals surface area (Å²) in [6, 6.07) is 9.55. The molecular weight excluding hydrogens is 406 g/mol. The van der Waals surface area contributed by atoms with Gasteiger partial charge in [-0.15, -0.1) is 0 Å².